The first kappa shape index (κ1) is 18.0. The Bertz CT molecular complexity index is 580. The van der Waals surface area contributed by atoms with Crippen LogP contribution >= 0.6 is 12.4 Å². The minimum Gasteiger partial charge on any atom is -0.493 e. The summed E-state index contributed by atoms with van der Waals surface area (Å²) in [7, 11) is -0.504. The van der Waals surface area contributed by atoms with E-state index < -0.39 is 10.0 Å². The number of benzene rings is 1. The zero-order valence-electron chi connectivity index (χ0n) is 12.1. The van der Waals surface area contributed by atoms with Crippen LogP contribution in [0.5, 0.6) is 11.5 Å². The molecule has 1 aliphatic rings. The zero-order valence-corrected chi connectivity index (χ0v) is 13.7. The number of nitrogens with zero attached hydrogens (tertiary/aromatic N) is 1. The van der Waals surface area contributed by atoms with E-state index in [-0.39, 0.29) is 23.2 Å². The van der Waals surface area contributed by atoms with E-state index in [4.69, 9.17) is 15.2 Å². The maximum absolute atomic E-state index is 12.6. The van der Waals surface area contributed by atoms with E-state index in [1.54, 1.807) is 6.07 Å². The summed E-state index contributed by atoms with van der Waals surface area (Å²) in [5.74, 6) is 1.15. The Morgan fingerprint density at radius 2 is 1.95 bits per heavy atom. The summed E-state index contributed by atoms with van der Waals surface area (Å²) >= 11 is 0. The van der Waals surface area contributed by atoms with Gasteiger partial charge in [-0.15, -0.1) is 12.4 Å². The van der Waals surface area contributed by atoms with E-state index in [2.05, 4.69) is 0 Å². The average molecular weight is 337 g/mol. The van der Waals surface area contributed by atoms with Gasteiger partial charge >= 0.3 is 0 Å². The monoisotopic (exact) mass is 336 g/mol. The topological polar surface area (TPSA) is 81.9 Å². The Labute approximate surface area is 131 Å². The predicted molar refractivity (Wildman–Crippen MR) is 82.7 cm³/mol. The van der Waals surface area contributed by atoms with Gasteiger partial charge in [0, 0.05) is 19.2 Å². The molecule has 6 nitrogen and oxygen atoms in total. The first-order valence-corrected chi connectivity index (χ1v) is 7.89. The molecule has 0 aliphatic carbocycles. The molecule has 0 aromatic heterocycles. The van der Waals surface area contributed by atoms with Crippen molar-refractivity contribution < 1.29 is 17.9 Å². The number of sulfonamides is 1. The summed E-state index contributed by atoms with van der Waals surface area (Å²) in [4.78, 5) is 0.216. The summed E-state index contributed by atoms with van der Waals surface area (Å²) in [6, 6.07) is 4.62. The lowest BCUT2D eigenvalue weighted by atomic mass is 10.1. The van der Waals surface area contributed by atoms with Gasteiger partial charge in [0.25, 0.3) is 0 Å². The molecule has 21 heavy (non-hydrogen) atoms. The molecule has 1 atom stereocenters. The summed E-state index contributed by atoms with van der Waals surface area (Å²) in [5, 5.41) is 0. The Balaban J connectivity index is 0.00000220. The fourth-order valence-electron chi connectivity index (χ4n) is 2.33. The van der Waals surface area contributed by atoms with Crippen LogP contribution in [-0.4, -0.2) is 46.6 Å². The molecular weight excluding hydrogens is 316 g/mol. The molecule has 2 N–H and O–H groups in total. The van der Waals surface area contributed by atoms with E-state index in [9.17, 15) is 8.42 Å². The highest BCUT2D eigenvalue weighted by molar-refractivity contribution is 7.89. The molecule has 0 radical (unpaired) electrons. The van der Waals surface area contributed by atoms with Crippen molar-refractivity contribution >= 4 is 22.4 Å². The van der Waals surface area contributed by atoms with E-state index in [0.29, 0.717) is 31.1 Å². The Morgan fingerprint density at radius 1 is 1.29 bits per heavy atom. The molecule has 1 aromatic carbocycles. The second-order valence-electron chi connectivity index (χ2n) is 4.77. The number of ether oxygens (including phenoxy) is 2. The lowest BCUT2D eigenvalue weighted by Gasteiger charge is -2.17. The quantitative estimate of drug-likeness (QED) is 0.870. The van der Waals surface area contributed by atoms with Crippen molar-refractivity contribution in [2.24, 2.45) is 11.7 Å². The second-order valence-corrected chi connectivity index (χ2v) is 6.71. The largest absolute Gasteiger partial charge is 0.493 e. The Morgan fingerprint density at radius 3 is 2.48 bits per heavy atom. The first-order chi connectivity index (χ1) is 9.52. The van der Waals surface area contributed by atoms with E-state index >= 15 is 0 Å². The molecule has 2 rings (SSSR count). The summed E-state index contributed by atoms with van der Waals surface area (Å²) in [6.45, 7) is 1.50. The third-order valence-corrected chi connectivity index (χ3v) is 5.44. The van der Waals surface area contributed by atoms with Crippen LogP contribution in [0.1, 0.15) is 6.42 Å². The Hall–Kier alpha value is -1.02. The van der Waals surface area contributed by atoms with Crippen LogP contribution in [0.3, 0.4) is 0 Å². The normalized spacial score (nSPS) is 19.1. The molecular formula is C13H21ClN2O4S. The van der Waals surface area contributed by atoms with Crippen LogP contribution in [-0.2, 0) is 10.0 Å². The molecule has 0 saturated carbocycles. The fraction of sp³-hybridized carbons (Fsp3) is 0.538. The molecule has 1 fully saturated rings. The third kappa shape index (κ3) is 3.60. The lowest BCUT2D eigenvalue weighted by molar-refractivity contribution is 0.353. The first-order valence-electron chi connectivity index (χ1n) is 6.45. The fourth-order valence-corrected chi connectivity index (χ4v) is 3.88. The number of rotatable bonds is 5. The SMILES string of the molecule is COc1ccc(S(=O)(=O)N2CCC(CN)C2)cc1OC.Cl. The minimum atomic E-state index is -3.50. The molecule has 0 bridgehead atoms. The van der Waals surface area contributed by atoms with Crippen LogP contribution < -0.4 is 15.2 Å². The van der Waals surface area contributed by atoms with Gasteiger partial charge in [-0.3, -0.25) is 0 Å². The van der Waals surface area contributed by atoms with Gasteiger partial charge in [-0.05, 0) is 31.0 Å². The van der Waals surface area contributed by atoms with Gasteiger partial charge in [0.2, 0.25) is 10.0 Å². The molecule has 0 amide bonds. The highest BCUT2D eigenvalue weighted by Crippen LogP contribution is 2.32. The number of methoxy groups -OCH3 is 2. The van der Waals surface area contributed by atoms with Crippen molar-refractivity contribution in [3.63, 3.8) is 0 Å². The van der Waals surface area contributed by atoms with Crippen LogP contribution in [0.2, 0.25) is 0 Å². The third-order valence-electron chi connectivity index (χ3n) is 3.57. The average Bonchev–Trinajstić information content (AvgIpc) is 2.96. The van der Waals surface area contributed by atoms with Crippen LogP contribution in [0.15, 0.2) is 23.1 Å². The van der Waals surface area contributed by atoms with E-state index in [0.717, 1.165) is 6.42 Å². The second kappa shape index (κ2) is 7.31. The van der Waals surface area contributed by atoms with Gasteiger partial charge < -0.3 is 15.2 Å². The highest BCUT2D eigenvalue weighted by Gasteiger charge is 2.32. The van der Waals surface area contributed by atoms with Crippen molar-refractivity contribution in [1.82, 2.24) is 4.31 Å². The van der Waals surface area contributed by atoms with Gasteiger partial charge in [0.1, 0.15) is 0 Å². The standard InChI is InChI=1S/C13H20N2O4S.ClH/c1-18-12-4-3-11(7-13(12)19-2)20(16,17)15-6-5-10(8-14)9-15;/h3-4,7,10H,5-6,8-9,14H2,1-2H3;1H. The van der Waals surface area contributed by atoms with E-state index in [1.165, 1.54) is 30.7 Å². The Kier molecular flexibility index (Phi) is 6.27. The molecule has 8 heteroatoms. The van der Waals surface area contributed by atoms with Crippen LogP contribution in [0.25, 0.3) is 0 Å². The maximum Gasteiger partial charge on any atom is 0.243 e. The predicted octanol–water partition coefficient (Wildman–Crippen LogP) is 1.09. The molecule has 0 spiro atoms. The van der Waals surface area contributed by atoms with Gasteiger partial charge in [0.15, 0.2) is 11.5 Å². The van der Waals surface area contributed by atoms with Gasteiger partial charge in [0.05, 0.1) is 19.1 Å². The van der Waals surface area contributed by atoms with Gasteiger partial charge in [-0.1, -0.05) is 0 Å². The molecule has 1 unspecified atom stereocenters. The van der Waals surface area contributed by atoms with Crippen molar-refractivity contribution in [3.05, 3.63) is 18.2 Å². The number of nitrogens with two attached hydrogens (primary N) is 1. The number of hydrogen-bond donors (Lipinski definition) is 1. The molecule has 120 valence electrons. The number of halogens is 1. The molecule has 1 aliphatic heterocycles. The van der Waals surface area contributed by atoms with Gasteiger partial charge in [-0.25, -0.2) is 8.42 Å². The molecule has 1 saturated heterocycles. The minimum absolute atomic E-state index is 0. The maximum atomic E-state index is 12.6. The van der Waals surface area contributed by atoms with Gasteiger partial charge in [-0.2, -0.15) is 4.31 Å². The van der Waals surface area contributed by atoms with Crippen molar-refractivity contribution in [2.45, 2.75) is 11.3 Å². The van der Waals surface area contributed by atoms with Crippen LogP contribution in [0, 0.1) is 5.92 Å². The molecule has 1 heterocycles. The van der Waals surface area contributed by atoms with Crippen molar-refractivity contribution in [3.8, 4) is 11.5 Å². The van der Waals surface area contributed by atoms with Crippen molar-refractivity contribution in [2.75, 3.05) is 33.9 Å². The zero-order chi connectivity index (χ0) is 14.8. The smallest absolute Gasteiger partial charge is 0.243 e. The lowest BCUT2D eigenvalue weighted by Crippen LogP contribution is -2.30. The number of hydrogen-bond acceptors (Lipinski definition) is 5. The van der Waals surface area contributed by atoms with E-state index in [1.807, 2.05) is 0 Å². The molecule has 1 aromatic rings. The van der Waals surface area contributed by atoms with Crippen LogP contribution in [0.4, 0.5) is 0 Å². The highest BCUT2D eigenvalue weighted by atomic mass is 35.5. The summed E-state index contributed by atoms with van der Waals surface area (Å²) in [5.41, 5.74) is 5.60. The van der Waals surface area contributed by atoms with Crippen molar-refractivity contribution in [1.29, 1.82) is 0 Å². The summed E-state index contributed by atoms with van der Waals surface area (Å²) < 4.78 is 36.8. The summed E-state index contributed by atoms with van der Waals surface area (Å²) in [6.07, 6.45) is 0.809.